The minimum Gasteiger partial charge on any atom is -0.394 e. The van der Waals surface area contributed by atoms with E-state index >= 15 is 0 Å². The van der Waals surface area contributed by atoms with Gasteiger partial charge >= 0.3 is 5.51 Å². The second-order valence-corrected chi connectivity index (χ2v) is 23.3. The second kappa shape index (κ2) is 21.7. The molecule has 0 radical (unpaired) electrons. The van der Waals surface area contributed by atoms with Crippen molar-refractivity contribution in [3.05, 3.63) is 119 Å². The first-order valence-electron chi connectivity index (χ1n) is 22.4. The van der Waals surface area contributed by atoms with Crippen LogP contribution in [0, 0.1) is 5.41 Å². The van der Waals surface area contributed by atoms with Crippen molar-refractivity contribution in [3.8, 4) is 0 Å². The summed E-state index contributed by atoms with van der Waals surface area (Å²) in [5.74, 6) is -0.694. The topological polar surface area (TPSA) is 151 Å². The van der Waals surface area contributed by atoms with Gasteiger partial charge in [-0.1, -0.05) is 61.4 Å². The molecule has 2 heterocycles. The molecule has 4 N–H and O–H groups in total. The maximum atomic E-state index is 14.2. The standard InChI is InChI=1S/C48H58ClF3N6O6S3/c1-47(2)20-18-43(34-8-12-37(49)13-9-34)36(29-47)30-57-26-27-58(40(31-57)32-59)39-14-10-35(11-15-39)46(60)55-67(63,64)42-16-17-44(45(28-42)66(61,62)48(50,51)52)54-38(19-23-56-24-21-53-22-25-56)33-65-41-6-4-3-5-7-41/h3-17,28,38,40,53-54,59H,18-27,29-33H2,1-2H3,(H,55,60)/t38-,40+/m1/s1. The summed E-state index contributed by atoms with van der Waals surface area (Å²) < 4.78 is 98.0. The fraction of sp³-hybridized carbons (Fsp3) is 0.438. The smallest absolute Gasteiger partial charge is 0.394 e. The van der Waals surface area contributed by atoms with Crippen molar-refractivity contribution in [2.75, 3.05) is 81.5 Å². The Morgan fingerprint density at radius 3 is 2.30 bits per heavy atom. The molecular weight excluding hydrogens is 945 g/mol. The zero-order valence-corrected chi connectivity index (χ0v) is 40.8. The number of thioether (sulfide) groups is 1. The highest BCUT2D eigenvalue weighted by Gasteiger charge is 2.48. The number of aliphatic hydroxyl groups excluding tert-OH is 1. The van der Waals surface area contributed by atoms with Gasteiger partial charge in [-0.2, -0.15) is 13.2 Å². The number of halogens is 4. The Bertz CT molecular complexity index is 2600. The van der Waals surface area contributed by atoms with Crippen LogP contribution in [0.3, 0.4) is 0 Å². The molecule has 7 rings (SSSR count). The van der Waals surface area contributed by atoms with Gasteiger partial charge in [0.1, 0.15) is 4.90 Å². The molecular formula is C48H58ClF3N6O6S3. The molecule has 0 aromatic heterocycles. The predicted molar refractivity (Wildman–Crippen MR) is 260 cm³/mol. The summed E-state index contributed by atoms with van der Waals surface area (Å²) >= 11 is 7.65. The van der Waals surface area contributed by atoms with Gasteiger partial charge in [-0.3, -0.25) is 9.69 Å². The summed E-state index contributed by atoms with van der Waals surface area (Å²) in [5.41, 5.74) is -1.47. The van der Waals surface area contributed by atoms with E-state index < -0.39 is 52.8 Å². The van der Waals surface area contributed by atoms with Crippen LogP contribution in [0.25, 0.3) is 5.57 Å². The minimum absolute atomic E-state index is 0.0576. The number of nitrogens with one attached hydrogen (secondary N) is 3. The number of allylic oxidation sites excluding steroid dienone is 1. The van der Waals surface area contributed by atoms with Gasteiger partial charge in [0.05, 0.1) is 23.2 Å². The number of anilines is 2. The molecule has 0 bridgehead atoms. The average molecular weight is 1000 g/mol. The molecule has 1 aliphatic carbocycles. The number of benzene rings is 4. The number of alkyl halides is 3. The molecule has 0 saturated carbocycles. The molecule has 19 heteroatoms. The number of hydrogen-bond donors (Lipinski definition) is 4. The fourth-order valence-corrected chi connectivity index (χ4v) is 12.1. The highest BCUT2D eigenvalue weighted by atomic mass is 35.5. The van der Waals surface area contributed by atoms with Crippen LogP contribution in [-0.2, 0) is 19.9 Å². The Morgan fingerprint density at radius 2 is 1.63 bits per heavy atom. The summed E-state index contributed by atoms with van der Waals surface area (Å²) in [4.78, 5) is 18.8. The van der Waals surface area contributed by atoms with Gasteiger partial charge in [0.25, 0.3) is 25.8 Å². The zero-order valence-electron chi connectivity index (χ0n) is 37.6. The van der Waals surface area contributed by atoms with Crippen molar-refractivity contribution in [2.45, 2.75) is 71.8 Å². The van der Waals surface area contributed by atoms with E-state index in [1.807, 2.05) is 52.1 Å². The molecule has 12 nitrogen and oxygen atoms in total. The van der Waals surface area contributed by atoms with Crippen molar-refractivity contribution in [3.63, 3.8) is 0 Å². The lowest BCUT2D eigenvalue weighted by Gasteiger charge is -2.43. The fourth-order valence-electron chi connectivity index (χ4n) is 8.98. The van der Waals surface area contributed by atoms with Crippen LogP contribution in [0.15, 0.2) is 117 Å². The van der Waals surface area contributed by atoms with E-state index in [0.29, 0.717) is 55.1 Å². The van der Waals surface area contributed by atoms with Crippen LogP contribution in [0.2, 0.25) is 5.02 Å². The Kier molecular flexibility index (Phi) is 16.4. The molecule has 0 unspecified atom stereocenters. The van der Waals surface area contributed by atoms with E-state index in [1.54, 1.807) is 12.1 Å². The highest BCUT2D eigenvalue weighted by molar-refractivity contribution is 7.99. The van der Waals surface area contributed by atoms with Gasteiger partial charge in [0.15, 0.2) is 0 Å². The molecule has 4 aromatic rings. The molecule has 0 spiro atoms. The maximum Gasteiger partial charge on any atom is 0.501 e. The third-order valence-corrected chi connectivity index (χ3v) is 16.9. The average Bonchev–Trinajstić information content (AvgIpc) is 3.30. The summed E-state index contributed by atoms with van der Waals surface area (Å²) in [6, 6.07) is 25.1. The summed E-state index contributed by atoms with van der Waals surface area (Å²) in [5, 5.41) is 17.5. The van der Waals surface area contributed by atoms with E-state index in [-0.39, 0.29) is 23.6 Å². The van der Waals surface area contributed by atoms with Crippen molar-refractivity contribution in [1.29, 1.82) is 0 Å². The van der Waals surface area contributed by atoms with Crippen LogP contribution in [-0.4, -0.2) is 127 Å². The van der Waals surface area contributed by atoms with Gasteiger partial charge in [0, 0.05) is 91.9 Å². The third-order valence-electron chi connectivity index (χ3n) is 12.7. The summed E-state index contributed by atoms with van der Waals surface area (Å²) in [6.07, 6.45) is 3.46. The Labute approximate surface area is 401 Å². The molecule has 67 heavy (non-hydrogen) atoms. The quantitative estimate of drug-likeness (QED) is 0.0766. The van der Waals surface area contributed by atoms with E-state index in [1.165, 1.54) is 40.6 Å². The third kappa shape index (κ3) is 12.9. The number of rotatable bonds is 17. The lowest BCUT2D eigenvalue weighted by molar-refractivity contribution is -0.0435. The number of carbonyl (C=O) groups excluding carboxylic acids is 1. The minimum atomic E-state index is -6.07. The SMILES string of the molecule is CC1(C)CCC(c2ccc(Cl)cc2)=C(CN2CCN(c3ccc(C(=O)NS(=O)(=O)c4ccc(N[C@H](CCN5CCNCC5)CSc5ccccc5)c(S(=O)(=O)C(F)(F)F)c4)cc3)[C@H](CO)C2)C1. The number of sulfonamides is 1. The normalized spacial score (nSPS) is 19.3. The largest absolute Gasteiger partial charge is 0.501 e. The number of piperazine rings is 2. The molecule has 4 aromatic carbocycles. The lowest BCUT2D eigenvalue weighted by Crippen LogP contribution is -2.55. The predicted octanol–water partition coefficient (Wildman–Crippen LogP) is 7.77. The first kappa shape index (κ1) is 50.7. The zero-order chi connectivity index (χ0) is 48.0. The van der Waals surface area contributed by atoms with Crippen LogP contribution in [0.5, 0.6) is 0 Å². The van der Waals surface area contributed by atoms with E-state index in [4.69, 9.17) is 11.6 Å². The van der Waals surface area contributed by atoms with E-state index in [9.17, 15) is 39.9 Å². The van der Waals surface area contributed by atoms with Gasteiger partial charge in [-0.05, 0) is 109 Å². The summed E-state index contributed by atoms with van der Waals surface area (Å²) in [7, 11) is -10.9. The molecule has 2 aliphatic heterocycles. The van der Waals surface area contributed by atoms with Crippen molar-refractivity contribution in [2.24, 2.45) is 5.41 Å². The van der Waals surface area contributed by atoms with Gasteiger partial charge in [-0.25, -0.2) is 21.6 Å². The van der Waals surface area contributed by atoms with Crippen molar-refractivity contribution in [1.82, 2.24) is 19.8 Å². The van der Waals surface area contributed by atoms with Crippen LogP contribution in [0.4, 0.5) is 24.5 Å². The molecule has 3 aliphatic rings. The van der Waals surface area contributed by atoms with Gasteiger partial charge in [0.2, 0.25) is 0 Å². The maximum absolute atomic E-state index is 14.2. The lowest BCUT2D eigenvalue weighted by atomic mass is 9.72. The van der Waals surface area contributed by atoms with Crippen LogP contribution >= 0.6 is 23.4 Å². The second-order valence-electron chi connectivity index (χ2n) is 18.1. The Balaban J connectivity index is 1.04. The van der Waals surface area contributed by atoms with Crippen molar-refractivity contribution < 1.29 is 39.9 Å². The van der Waals surface area contributed by atoms with E-state index in [2.05, 4.69) is 46.4 Å². The van der Waals surface area contributed by atoms with E-state index in [0.717, 1.165) is 69.0 Å². The molecule has 2 saturated heterocycles. The molecule has 362 valence electrons. The first-order chi connectivity index (χ1) is 31.8. The number of amides is 1. The number of aliphatic hydroxyl groups is 1. The molecule has 2 atom stereocenters. The van der Waals surface area contributed by atoms with Gasteiger partial charge < -0.3 is 25.5 Å². The number of hydrogen-bond acceptors (Lipinski definition) is 12. The molecule has 1 amide bonds. The highest BCUT2D eigenvalue weighted by Crippen LogP contribution is 2.43. The van der Waals surface area contributed by atoms with Crippen molar-refractivity contribution >= 4 is 66.1 Å². The molecule has 2 fully saturated rings. The first-order valence-corrected chi connectivity index (χ1v) is 26.7. The Hall–Kier alpha value is -4.14. The Morgan fingerprint density at radius 1 is 0.925 bits per heavy atom. The number of carbonyl (C=O) groups is 1. The number of sulfone groups is 1. The number of nitrogens with zero attached hydrogens (tertiary/aromatic N) is 3. The van der Waals surface area contributed by atoms with Crippen LogP contribution < -0.4 is 20.3 Å². The van der Waals surface area contributed by atoms with Crippen LogP contribution in [0.1, 0.15) is 55.5 Å². The monoisotopic (exact) mass is 1000 g/mol. The summed E-state index contributed by atoms with van der Waals surface area (Å²) in [6.45, 7) is 10.8. The van der Waals surface area contributed by atoms with Gasteiger partial charge in [-0.15, -0.1) is 11.8 Å².